The van der Waals surface area contributed by atoms with E-state index in [0.717, 1.165) is 17.0 Å². The third-order valence-electron chi connectivity index (χ3n) is 3.01. The van der Waals surface area contributed by atoms with Crippen LogP contribution < -0.4 is 4.90 Å². The Bertz CT molecular complexity index is 550. The minimum absolute atomic E-state index is 0.115. The quantitative estimate of drug-likeness (QED) is 0.868. The fourth-order valence-corrected chi connectivity index (χ4v) is 2.24. The van der Waals surface area contributed by atoms with Crippen LogP contribution in [0.5, 0.6) is 0 Å². The zero-order chi connectivity index (χ0) is 14.2. The molecule has 0 radical (unpaired) electrons. The molecule has 2 rings (SSSR count). The number of carboxylic acids is 1. The topological polar surface area (TPSA) is 57.6 Å². The van der Waals surface area contributed by atoms with Gasteiger partial charge in [0.1, 0.15) is 0 Å². The lowest BCUT2D eigenvalue weighted by Gasteiger charge is -2.17. The van der Waals surface area contributed by atoms with Gasteiger partial charge in [0, 0.05) is 18.8 Å². The van der Waals surface area contributed by atoms with Crippen molar-refractivity contribution in [2.24, 2.45) is 5.92 Å². The van der Waals surface area contributed by atoms with Gasteiger partial charge in [0.05, 0.1) is 11.3 Å². The fourth-order valence-electron chi connectivity index (χ4n) is 2.03. The Balaban J connectivity index is 2.39. The largest absolute Gasteiger partial charge is 0.478 e. The molecule has 0 spiro atoms. The maximum absolute atomic E-state index is 13.8. The van der Waals surface area contributed by atoms with Crippen molar-refractivity contribution in [2.45, 2.75) is 6.42 Å². The number of carbonyl (C=O) groups excluding carboxylic acids is 1. The van der Waals surface area contributed by atoms with Gasteiger partial charge in [-0.25, -0.2) is 13.6 Å². The predicted molar refractivity (Wildman–Crippen MR) is 64.5 cm³/mol. The smallest absolute Gasteiger partial charge is 0.338 e. The molecule has 1 aliphatic heterocycles. The summed E-state index contributed by atoms with van der Waals surface area (Å²) >= 11 is 5.64. The lowest BCUT2D eigenvalue weighted by Crippen LogP contribution is -2.26. The predicted octanol–water partition coefficient (Wildman–Crippen LogP) is 2.25. The summed E-state index contributed by atoms with van der Waals surface area (Å²) < 4.78 is 27.4. The number of rotatable bonds is 3. The summed E-state index contributed by atoms with van der Waals surface area (Å²) in [6.07, 6.45) is 0.172. The summed E-state index contributed by atoms with van der Waals surface area (Å²) in [5.74, 6) is -4.58. The van der Waals surface area contributed by atoms with Crippen LogP contribution in [0.3, 0.4) is 0 Å². The molecule has 1 aromatic rings. The fraction of sp³-hybridized carbons (Fsp3) is 0.333. The van der Waals surface area contributed by atoms with E-state index in [9.17, 15) is 18.4 Å². The van der Waals surface area contributed by atoms with Crippen LogP contribution in [0.25, 0.3) is 0 Å². The molecule has 0 saturated carbocycles. The molecular weight excluding hydrogens is 280 g/mol. The number of carbonyl (C=O) groups is 2. The second-order valence-corrected chi connectivity index (χ2v) is 4.60. The Morgan fingerprint density at radius 2 is 2.11 bits per heavy atom. The zero-order valence-corrected chi connectivity index (χ0v) is 10.5. The number of amides is 1. The van der Waals surface area contributed by atoms with Crippen LogP contribution in [0.2, 0.25) is 0 Å². The molecule has 1 amide bonds. The van der Waals surface area contributed by atoms with E-state index in [4.69, 9.17) is 16.7 Å². The van der Waals surface area contributed by atoms with Crippen LogP contribution in [-0.2, 0) is 4.79 Å². The summed E-state index contributed by atoms with van der Waals surface area (Å²) in [7, 11) is 0. The molecule has 1 heterocycles. The average molecular weight is 290 g/mol. The molecule has 1 aliphatic rings. The minimum Gasteiger partial charge on any atom is -0.478 e. The van der Waals surface area contributed by atoms with Crippen LogP contribution in [0.4, 0.5) is 14.5 Å². The molecular formula is C12H10ClF2NO3. The van der Waals surface area contributed by atoms with E-state index >= 15 is 0 Å². The molecule has 1 saturated heterocycles. The number of halogens is 3. The summed E-state index contributed by atoms with van der Waals surface area (Å²) in [6.45, 7) is 0.200. The standard InChI is InChI=1S/C12H10ClF2NO3/c13-4-6-3-9(17)16(5-6)8-2-1-7(12(18)19)10(14)11(8)15/h1-2,6H,3-5H2,(H,18,19). The zero-order valence-electron chi connectivity index (χ0n) is 9.70. The monoisotopic (exact) mass is 289 g/mol. The number of carboxylic acid groups (broad SMARTS) is 1. The van der Waals surface area contributed by atoms with Gasteiger partial charge in [0.15, 0.2) is 11.6 Å². The first kappa shape index (κ1) is 13.7. The van der Waals surface area contributed by atoms with Crippen LogP contribution in [-0.4, -0.2) is 29.4 Å². The first-order valence-corrected chi connectivity index (χ1v) is 6.06. The average Bonchev–Trinajstić information content (AvgIpc) is 2.73. The highest BCUT2D eigenvalue weighted by molar-refractivity contribution is 6.18. The Labute approximate surface area is 112 Å². The highest BCUT2D eigenvalue weighted by atomic mass is 35.5. The highest BCUT2D eigenvalue weighted by Crippen LogP contribution is 2.30. The number of hydrogen-bond donors (Lipinski definition) is 1. The van der Waals surface area contributed by atoms with E-state index in [2.05, 4.69) is 0 Å². The molecule has 0 bridgehead atoms. The van der Waals surface area contributed by atoms with Crippen LogP contribution in [0, 0.1) is 17.6 Å². The molecule has 7 heteroatoms. The van der Waals surface area contributed by atoms with Gasteiger partial charge in [-0.1, -0.05) is 0 Å². The summed E-state index contributed by atoms with van der Waals surface area (Å²) in [4.78, 5) is 23.4. The Kier molecular flexibility index (Phi) is 3.71. The van der Waals surface area contributed by atoms with Crippen molar-refractivity contribution in [2.75, 3.05) is 17.3 Å². The first-order chi connectivity index (χ1) is 8.95. The van der Waals surface area contributed by atoms with Crippen molar-refractivity contribution in [1.82, 2.24) is 0 Å². The van der Waals surface area contributed by atoms with Crippen LogP contribution in [0.15, 0.2) is 12.1 Å². The molecule has 0 aliphatic carbocycles. The SMILES string of the molecule is O=C(O)c1ccc(N2CC(CCl)CC2=O)c(F)c1F. The van der Waals surface area contributed by atoms with Gasteiger partial charge in [-0.3, -0.25) is 4.79 Å². The number of hydrogen-bond acceptors (Lipinski definition) is 2. The lowest BCUT2D eigenvalue weighted by molar-refractivity contribution is -0.117. The second kappa shape index (κ2) is 5.13. The van der Waals surface area contributed by atoms with Gasteiger partial charge < -0.3 is 10.0 Å². The number of alkyl halides is 1. The maximum Gasteiger partial charge on any atom is 0.338 e. The minimum atomic E-state index is -1.56. The summed E-state index contributed by atoms with van der Waals surface area (Å²) in [6, 6.07) is 2.04. The van der Waals surface area contributed by atoms with E-state index < -0.39 is 23.2 Å². The van der Waals surface area contributed by atoms with Gasteiger partial charge in [0.25, 0.3) is 0 Å². The van der Waals surface area contributed by atoms with Gasteiger partial charge in [-0.05, 0) is 18.1 Å². The van der Waals surface area contributed by atoms with E-state index in [-0.39, 0.29) is 36.4 Å². The number of aromatic carboxylic acids is 1. The number of benzene rings is 1. The lowest BCUT2D eigenvalue weighted by atomic mass is 10.1. The molecule has 1 aromatic carbocycles. The molecule has 19 heavy (non-hydrogen) atoms. The first-order valence-electron chi connectivity index (χ1n) is 5.53. The van der Waals surface area contributed by atoms with Gasteiger partial charge in [-0.15, -0.1) is 11.6 Å². The molecule has 1 atom stereocenters. The van der Waals surface area contributed by atoms with Crippen molar-refractivity contribution in [3.8, 4) is 0 Å². The van der Waals surface area contributed by atoms with Crippen molar-refractivity contribution in [3.63, 3.8) is 0 Å². The normalized spacial score (nSPS) is 19.0. The van der Waals surface area contributed by atoms with Crippen LogP contribution in [0.1, 0.15) is 16.8 Å². The number of anilines is 1. The molecule has 102 valence electrons. The highest BCUT2D eigenvalue weighted by Gasteiger charge is 2.33. The Hall–Kier alpha value is -1.69. The van der Waals surface area contributed by atoms with Gasteiger partial charge >= 0.3 is 5.97 Å². The Morgan fingerprint density at radius 3 is 2.63 bits per heavy atom. The summed E-state index contributed by atoms with van der Waals surface area (Å²) in [5, 5.41) is 8.67. The second-order valence-electron chi connectivity index (χ2n) is 4.29. The third-order valence-corrected chi connectivity index (χ3v) is 3.44. The molecule has 0 aromatic heterocycles. The van der Waals surface area contributed by atoms with E-state index in [1.807, 2.05) is 0 Å². The van der Waals surface area contributed by atoms with Crippen molar-refractivity contribution < 1.29 is 23.5 Å². The maximum atomic E-state index is 13.8. The molecule has 4 nitrogen and oxygen atoms in total. The van der Waals surface area contributed by atoms with Crippen molar-refractivity contribution in [1.29, 1.82) is 0 Å². The Morgan fingerprint density at radius 1 is 1.42 bits per heavy atom. The van der Waals surface area contributed by atoms with Crippen molar-refractivity contribution in [3.05, 3.63) is 29.3 Å². The van der Waals surface area contributed by atoms with E-state index in [1.54, 1.807) is 0 Å². The molecule has 1 N–H and O–H groups in total. The number of nitrogens with zero attached hydrogens (tertiary/aromatic N) is 1. The van der Waals surface area contributed by atoms with Crippen molar-refractivity contribution >= 4 is 29.2 Å². The van der Waals surface area contributed by atoms with E-state index in [1.165, 1.54) is 0 Å². The van der Waals surface area contributed by atoms with Gasteiger partial charge in [0.2, 0.25) is 5.91 Å². The third kappa shape index (κ3) is 2.40. The van der Waals surface area contributed by atoms with E-state index in [0.29, 0.717) is 0 Å². The molecule has 1 fully saturated rings. The van der Waals surface area contributed by atoms with Crippen LogP contribution >= 0.6 is 11.6 Å². The summed E-state index contributed by atoms with van der Waals surface area (Å²) in [5.41, 5.74) is -1.01. The van der Waals surface area contributed by atoms with Gasteiger partial charge in [-0.2, -0.15) is 0 Å². The molecule has 1 unspecified atom stereocenters.